The van der Waals surface area contributed by atoms with Gasteiger partial charge in [-0.1, -0.05) is 0 Å². The van der Waals surface area contributed by atoms with E-state index in [0.717, 1.165) is 16.9 Å². The molecule has 3 N–H and O–H groups in total. The van der Waals surface area contributed by atoms with Crippen LogP contribution in [-0.4, -0.2) is 32.9 Å². The molecule has 0 saturated heterocycles. The molecule has 0 aliphatic heterocycles. The van der Waals surface area contributed by atoms with Crippen molar-refractivity contribution in [1.82, 2.24) is 20.4 Å². The van der Waals surface area contributed by atoms with Gasteiger partial charge in [-0.3, -0.25) is 4.79 Å². The minimum Gasteiger partial charge on any atom is -0.481 e. The summed E-state index contributed by atoms with van der Waals surface area (Å²) in [5.74, 6) is -1.49. The number of amides is 2. The van der Waals surface area contributed by atoms with Crippen LogP contribution in [-0.2, 0) is 11.3 Å². The number of carboxylic acids is 1. The van der Waals surface area contributed by atoms with E-state index in [4.69, 9.17) is 5.11 Å². The number of aromatic nitrogens is 2. The minimum atomic E-state index is -0.817. The summed E-state index contributed by atoms with van der Waals surface area (Å²) in [7, 11) is 0. The molecule has 1 saturated carbocycles. The Morgan fingerprint density at radius 1 is 1.32 bits per heavy atom. The molecule has 1 aliphatic rings. The summed E-state index contributed by atoms with van der Waals surface area (Å²) in [5.41, 5.74) is 2.34. The third kappa shape index (κ3) is 3.96. The average Bonchev–Trinajstić information content (AvgIpc) is 2.90. The third-order valence-corrected chi connectivity index (χ3v) is 4.35. The van der Waals surface area contributed by atoms with Gasteiger partial charge in [0.25, 0.3) is 0 Å². The highest BCUT2D eigenvalue weighted by atomic mass is 19.1. The lowest BCUT2D eigenvalue weighted by molar-refractivity contribution is -0.145. The van der Waals surface area contributed by atoms with E-state index in [-0.39, 0.29) is 23.8 Å². The molecule has 2 aromatic rings. The summed E-state index contributed by atoms with van der Waals surface area (Å²) in [6.07, 6.45) is 2.71. The van der Waals surface area contributed by atoms with Gasteiger partial charge in [0.05, 0.1) is 17.3 Å². The molecule has 8 heteroatoms. The largest absolute Gasteiger partial charge is 0.481 e. The number of carboxylic acid groups (broad SMARTS) is 1. The zero-order valence-electron chi connectivity index (χ0n) is 13.7. The lowest BCUT2D eigenvalue weighted by Gasteiger charge is -2.32. The number of aliphatic carboxylic acids is 1. The fourth-order valence-electron chi connectivity index (χ4n) is 2.74. The van der Waals surface area contributed by atoms with Crippen LogP contribution in [0, 0.1) is 18.7 Å². The average molecular weight is 346 g/mol. The summed E-state index contributed by atoms with van der Waals surface area (Å²) >= 11 is 0. The number of carbonyl (C=O) groups is 2. The molecule has 1 aliphatic carbocycles. The second-order valence-electron chi connectivity index (χ2n) is 6.19. The number of hydrogen-bond acceptors (Lipinski definition) is 3. The minimum absolute atomic E-state index is 0.0934. The Morgan fingerprint density at radius 3 is 2.64 bits per heavy atom. The van der Waals surface area contributed by atoms with Gasteiger partial charge in [-0.25, -0.2) is 13.9 Å². The molecular formula is C17H19FN4O3. The molecule has 3 rings (SSSR count). The van der Waals surface area contributed by atoms with Gasteiger partial charge >= 0.3 is 12.0 Å². The van der Waals surface area contributed by atoms with Crippen LogP contribution in [0.2, 0.25) is 0 Å². The molecule has 0 atom stereocenters. The summed E-state index contributed by atoms with van der Waals surface area (Å²) in [4.78, 5) is 22.6. The Morgan fingerprint density at radius 2 is 2.00 bits per heavy atom. The molecular weight excluding hydrogens is 327 g/mol. The van der Waals surface area contributed by atoms with Crippen LogP contribution in [0.25, 0.3) is 5.69 Å². The fraction of sp³-hybridized carbons (Fsp3) is 0.353. The van der Waals surface area contributed by atoms with Gasteiger partial charge in [0.2, 0.25) is 0 Å². The molecule has 1 heterocycles. The smallest absolute Gasteiger partial charge is 0.315 e. The van der Waals surface area contributed by atoms with Crippen LogP contribution >= 0.6 is 0 Å². The highest BCUT2D eigenvalue weighted by Crippen LogP contribution is 2.27. The number of urea groups is 1. The lowest BCUT2D eigenvalue weighted by atomic mass is 9.80. The monoisotopic (exact) mass is 346 g/mol. The van der Waals surface area contributed by atoms with Crippen molar-refractivity contribution in [3.05, 3.63) is 47.5 Å². The number of halogens is 1. The standard InChI is InChI=1S/C17H19FN4O3/c1-10-12(9-22(21-10)15-4-2-13(18)3-5-15)8-19-17(25)20-14-6-11(7-14)16(23)24/h2-5,9,11,14H,6-8H2,1H3,(H,23,24)(H2,19,20,25). The van der Waals surface area contributed by atoms with Crippen molar-refractivity contribution >= 4 is 12.0 Å². The van der Waals surface area contributed by atoms with E-state index in [2.05, 4.69) is 15.7 Å². The number of benzene rings is 1. The molecule has 0 bridgehead atoms. The summed E-state index contributed by atoms with van der Waals surface area (Å²) in [6.45, 7) is 2.13. The Hall–Kier alpha value is -2.90. The number of hydrogen-bond donors (Lipinski definition) is 3. The van der Waals surface area contributed by atoms with Crippen molar-refractivity contribution in [3.63, 3.8) is 0 Å². The number of nitrogens with zero attached hydrogens (tertiary/aromatic N) is 2. The van der Waals surface area contributed by atoms with Crippen LogP contribution in [0.3, 0.4) is 0 Å². The van der Waals surface area contributed by atoms with Crippen LogP contribution in [0.1, 0.15) is 24.1 Å². The fourth-order valence-corrected chi connectivity index (χ4v) is 2.74. The number of nitrogens with one attached hydrogen (secondary N) is 2. The van der Waals surface area contributed by atoms with Crippen LogP contribution in [0.15, 0.2) is 30.5 Å². The molecule has 0 radical (unpaired) electrons. The van der Waals surface area contributed by atoms with Crippen molar-refractivity contribution in [2.75, 3.05) is 0 Å². The van der Waals surface area contributed by atoms with Gasteiger partial charge in [-0.15, -0.1) is 0 Å². The normalized spacial score (nSPS) is 19.1. The topological polar surface area (TPSA) is 96.3 Å². The van der Waals surface area contributed by atoms with Gasteiger partial charge in [0, 0.05) is 24.3 Å². The van der Waals surface area contributed by atoms with Crippen molar-refractivity contribution in [2.24, 2.45) is 5.92 Å². The molecule has 2 amide bonds. The van der Waals surface area contributed by atoms with E-state index in [0.29, 0.717) is 19.4 Å². The summed E-state index contributed by atoms with van der Waals surface area (Å²) < 4.78 is 14.6. The van der Waals surface area contributed by atoms with E-state index >= 15 is 0 Å². The highest BCUT2D eigenvalue weighted by molar-refractivity contribution is 5.76. The second-order valence-corrected chi connectivity index (χ2v) is 6.19. The van der Waals surface area contributed by atoms with E-state index in [9.17, 15) is 14.0 Å². The van der Waals surface area contributed by atoms with E-state index < -0.39 is 5.97 Å². The Balaban J connectivity index is 1.52. The van der Waals surface area contributed by atoms with Crippen molar-refractivity contribution < 1.29 is 19.1 Å². The van der Waals surface area contributed by atoms with Crippen molar-refractivity contribution in [1.29, 1.82) is 0 Å². The molecule has 1 fully saturated rings. The van der Waals surface area contributed by atoms with E-state index in [1.54, 1.807) is 23.0 Å². The first-order chi connectivity index (χ1) is 11.9. The third-order valence-electron chi connectivity index (χ3n) is 4.35. The van der Waals surface area contributed by atoms with Gasteiger partial charge < -0.3 is 15.7 Å². The van der Waals surface area contributed by atoms with E-state index in [1.807, 2.05) is 6.92 Å². The first-order valence-corrected chi connectivity index (χ1v) is 8.00. The Kier molecular flexibility index (Phi) is 4.69. The predicted molar refractivity (Wildman–Crippen MR) is 87.8 cm³/mol. The van der Waals surface area contributed by atoms with Gasteiger partial charge in [-0.2, -0.15) is 5.10 Å². The second kappa shape index (κ2) is 6.92. The van der Waals surface area contributed by atoms with Crippen LogP contribution in [0.4, 0.5) is 9.18 Å². The molecule has 7 nitrogen and oxygen atoms in total. The maximum absolute atomic E-state index is 13.0. The Bertz CT molecular complexity index is 782. The Labute approximate surface area is 143 Å². The van der Waals surface area contributed by atoms with Crippen LogP contribution < -0.4 is 10.6 Å². The first-order valence-electron chi connectivity index (χ1n) is 8.00. The van der Waals surface area contributed by atoms with Gasteiger partial charge in [0.1, 0.15) is 5.82 Å². The zero-order valence-corrected chi connectivity index (χ0v) is 13.7. The zero-order chi connectivity index (χ0) is 18.0. The molecule has 0 spiro atoms. The molecule has 1 aromatic heterocycles. The summed E-state index contributed by atoms with van der Waals surface area (Å²) in [6, 6.07) is 5.55. The maximum atomic E-state index is 13.0. The summed E-state index contributed by atoms with van der Waals surface area (Å²) in [5, 5.41) is 18.7. The first kappa shape index (κ1) is 16.9. The number of rotatable bonds is 5. The van der Waals surface area contributed by atoms with Crippen molar-refractivity contribution in [3.8, 4) is 5.69 Å². The highest BCUT2D eigenvalue weighted by Gasteiger charge is 2.35. The maximum Gasteiger partial charge on any atom is 0.315 e. The predicted octanol–water partition coefficient (Wildman–Crippen LogP) is 1.98. The number of aryl methyl sites for hydroxylation is 1. The quantitative estimate of drug-likeness (QED) is 0.771. The SMILES string of the molecule is Cc1nn(-c2ccc(F)cc2)cc1CNC(=O)NC1CC(C(=O)O)C1. The van der Waals surface area contributed by atoms with Gasteiger partial charge in [0.15, 0.2) is 0 Å². The molecule has 25 heavy (non-hydrogen) atoms. The van der Waals surface area contributed by atoms with Crippen molar-refractivity contribution in [2.45, 2.75) is 32.4 Å². The molecule has 1 aromatic carbocycles. The number of carbonyl (C=O) groups excluding carboxylic acids is 1. The molecule has 132 valence electrons. The van der Waals surface area contributed by atoms with Gasteiger partial charge in [-0.05, 0) is 44.0 Å². The molecule has 0 unspecified atom stereocenters. The van der Waals surface area contributed by atoms with E-state index in [1.165, 1.54) is 12.1 Å². The van der Waals surface area contributed by atoms with Crippen LogP contribution in [0.5, 0.6) is 0 Å². The lowest BCUT2D eigenvalue weighted by Crippen LogP contribution is -2.49.